The first kappa shape index (κ1) is 12.9. The largest absolute Gasteiger partial charge is 0.472 e. The molecule has 1 aromatic carbocycles. The van der Waals surface area contributed by atoms with E-state index in [1.54, 1.807) is 6.26 Å². The maximum absolute atomic E-state index is 5.14. The summed E-state index contributed by atoms with van der Waals surface area (Å²) in [6, 6.07) is 13.4. The Morgan fingerprint density at radius 2 is 1.89 bits per heavy atom. The van der Waals surface area contributed by atoms with Gasteiger partial charge < -0.3 is 9.73 Å². The zero-order chi connectivity index (χ0) is 12.8. The number of hydrogen-bond acceptors (Lipinski definition) is 2. The average molecular weight is 243 g/mol. The summed E-state index contributed by atoms with van der Waals surface area (Å²) < 4.78 is 5.14. The second kappa shape index (κ2) is 6.41. The quantitative estimate of drug-likeness (QED) is 0.809. The van der Waals surface area contributed by atoms with Crippen LogP contribution < -0.4 is 5.32 Å². The van der Waals surface area contributed by atoms with E-state index >= 15 is 0 Å². The molecule has 0 aliphatic heterocycles. The fraction of sp³-hybridized carbons (Fsp3) is 0.375. The topological polar surface area (TPSA) is 25.2 Å². The third-order valence-corrected chi connectivity index (χ3v) is 3.27. The van der Waals surface area contributed by atoms with E-state index in [0.29, 0.717) is 12.1 Å². The van der Waals surface area contributed by atoms with Gasteiger partial charge in [0.15, 0.2) is 0 Å². The molecule has 0 saturated carbocycles. The van der Waals surface area contributed by atoms with Gasteiger partial charge in [0.05, 0.1) is 12.5 Å². The Kier molecular flexibility index (Phi) is 4.59. The second-order valence-corrected chi connectivity index (χ2v) is 4.70. The van der Waals surface area contributed by atoms with Gasteiger partial charge in [0.2, 0.25) is 0 Å². The summed E-state index contributed by atoms with van der Waals surface area (Å²) in [6.07, 6.45) is 5.85. The Bertz CT molecular complexity index is 435. The summed E-state index contributed by atoms with van der Waals surface area (Å²) in [5.41, 5.74) is 2.56. The van der Waals surface area contributed by atoms with Gasteiger partial charge in [-0.05, 0) is 25.0 Å². The minimum Gasteiger partial charge on any atom is -0.472 e. The van der Waals surface area contributed by atoms with Crippen molar-refractivity contribution < 1.29 is 4.42 Å². The fourth-order valence-electron chi connectivity index (χ4n) is 2.24. The molecule has 0 radical (unpaired) electrons. The molecular weight excluding hydrogens is 222 g/mol. The van der Waals surface area contributed by atoms with E-state index in [-0.39, 0.29) is 0 Å². The van der Waals surface area contributed by atoms with Crippen LogP contribution in [0, 0.1) is 0 Å². The SMILES string of the molecule is CCCC(NC(C)c1ccoc1)c1ccccc1. The number of hydrogen-bond donors (Lipinski definition) is 1. The number of rotatable bonds is 6. The maximum Gasteiger partial charge on any atom is 0.0950 e. The Hall–Kier alpha value is -1.54. The Morgan fingerprint density at radius 1 is 1.11 bits per heavy atom. The van der Waals surface area contributed by atoms with Crippen LogP contribution in [0.15, 0.2) is 53.3 Å². The lowest BCUT2D eigenvalue weighted by Crippen LogP contribution is -2.24. The molecule has 1 aromatic heterocycles. The molecule has 0 bridgehead atoms. The smallest absolute Gasteiger partial charge is 0.0950 e. The molecule has 0 saturated heterocycles. The summed E-state index contributed by atoms with van der Waals surface area (Å²) in [5, 5.41) is 3.68. The molecule has 2 unspecified atom stereocenters. The van der Waals surface area contributed by atoms with Gasteiger partial charge in [0, 0.05) is 17.6 Å². The van der Waals surface area contributed by atoms with Gasteiger partial charge in [-0.15, -0.1) is 0 Å². The van der Waals surface area contributed by atoms with Crippen molar-refractivity contribution in [3.63, 3.8) is 0 Å². The van der Waals surface area contributed by atoms with Crippen molar-refractivity contribution in [1.29, 1.82) is 0 Å². The highest BCUT2D eigenvalue weighted by Crippen LogP contribution is 2.23. The number of nitrogens with one attached hydrogen (secondary N) is 1. The van der Waals surface area contributed by atoms with E-state index in [2.05, 4.69) is 49.5 Å². The van der Waals surface area contributed by atoms with Gasteiger partial charge in [0.1, 0.15) is 0 Å². The molecule has 96 valence electrons. The molecular formula is C16H21NO. The second-order valence-electron chi connectivity index (χ2n) is 4.70. The highest BCUT2D eigenvalue weighted by atomic mass is 16.3. The summed E-state index contributed by atoms with van der Waals surface area (Å²) in [4.78, 5) is 0. The summed E-state index contributed by atoms with van der Waals surface area (Å²) in [6.45, 7) is 4.40. The summed E-state index contributed by atoms with van der Waals surface area (Å²) >= 11 is 0. The van der Waals surface area contributed by atoms with E-state index in [1.807, 2.05) is 12.3 Å². The predicted octanol–water partition coefficient (Wildman–Crippen LogP) is 4.47. The van der Waals surface area contributed by atoms with Crippen LogP contribution >= 0.6 is 0 Å². The minimum atomic E-state index is 0.306. The Morgan fingerprint density at radius 3 is 2.50 bits per heavy atom. The van der Waals surface area contributed by atoms with Crippen molar-refractivity contribution in [2.75, 3.05) is 0 Å². The lowest BCUT2D eigenvalue weighted by molar-refractivity contribution is 0.436. The molecule has 2 rings (SSSR count). The third kappa shape index (κ3) is 3.23. The van der Waals surface area contributed by atoms with Crippen molar-refractivity contribution in [2.24, 2.45) is 0 Å². The normalized spacial score (nSPS) is 14.3. The van der Waals surface area contributed by atoms with Crippen molar-refractivity contribution in [2.45, 2.75) is 38.8 Å². The monoisotopic (exact) mass is 243 g/mol. The summed E-state index contributed by atoms with van der Waals surface area (Å²) in [5.74, 6) is 0. The van der Waals surface area contributed by atoms with Crippen LogP contribution in [0.2, 0.25) is 0 Å². The molecule has 2 heteroatoms. The van der Waals surface area contributed by atoms with Crippen LogP contribution in [0.4, 0.5) is 0 Å². The molecule has 0 spiro atoms. The molecule has 18 heavy (non-hydrogen) atoms. The number of furan rings is 1. The van der Waals surface area contributed by atoms with Crippen molar-refractivity contribution in [3.8, 4) is 0 Å². The molecule has 1 heterocycles. The fourth-order valence-corrected chi connectivity index (χ4v) is 2.24. The predicted molar refractivity (Wildman–Crippen MR) is 74.3 cm³/mol. The van der Waals surface area contributed by atoms with Crippen LogP contribution in [0.1, 0.15) is 49.9 Å². The van der Waals surface area contributed by atoms with Crippen molar-refractivity contribution in [3.05, 3.63) is 60.1 Å². The van der Waals surface area contributed by atoms with Crippen molar-refractivity contribution >= 4 is 0 Å². The Balaban J connectivity index is 2.07. The van der Waals surface area contributed by atoms with E-state index in [1.165, 1.54) is 17.5 Å². The van der Waals surface area contributed by atoms with E-state index in [4.69, 9.17) is 4.42 Å². The molecule has 2 atom stereocenters. The lowest BCUT2D eigenvalue weighted by Gasteiger charge is -2.23. The van der Waals surface area contributed by atoms with E-state index in [9.17, 15) is 0 Å². The van der Waals surface area contributed by atoms with Gasteiger partial charge in [0.25, 0.3) is 0 Å². The number of benzene rings is 1. The van der Waals surface area contributed by atoms with E-state index in [0.717, 1.165) is 6.42 Å². The standard InChI is InChI=1S/C16H21NO/c1-3-7-16(14-8-5-4-6-9-14)17-13(2)15-10-11-18-12-15/h4-6,8-13,16-17H,3,7H2,1-2H3. The molecule has 2 aromatic rings. The highest BCUT2D eigenvalue weighted by Gasteiger charge is 2.14. The van der Waals surface area contributed by atoms with Crippen LogP contribution in [0.5, 0.6) is 0 Å². The molecule has 0 fully saturated rings. The zero-order valence-corrected chi connectivity index (χ0v) is 11.1. The lowest BCUT2D eigenvalue weighted by atomic mass is 10.0. The van der Waals surface area contributed by atoms with Crippen LogP contribution in [0.3, 0.4) is 0 Å². The van der Waals surface area contributed by atoms with Gasteiger partial charge in [-0.1, -0.05) is 43.7 Å². The zero-order valence-electron chi connectivity index (χ0n) is 11.1. The first-order valence-electron chi connectivity index (χ1n) is 6.64. The minimum absolute atomic E-state index is 0.306. The first-order valence-corrected chi connectivity index (χ1v) is 6.64. The average Bonchev–Trinajstić information content (AvgIpc) is 2.93. The van der Waals surface area contributed by atoms with Crippen LogP contribution in [-0.2, 0) is 0 Å². The third-order valence-electron chi connectivity index (χ3n) is 3.27. The molecule has 2 nitrogen and oxygen atoms in total. The van der Waals surface area contributed by atoms with Crippen LogP contribution in [0.25, 0.3) is 0 Å². The van der Waals surface area contributed by atoms with Gasteiger partial charge >= 0.3 is 0 Å². The molecule has 0 aliphatic rings. The van der Waals surface area contributed by atoms with Crippen LogP contribution in [-0.4, -0.2) is 0 Å². The maximum atomic E-state index is 5.14. The first-order chi connectivity index (χ1) is 8.81. The molecule has 0 aliphatic carbocycles. The van der Waals surface area contributed by atoms with Gasteiger partial charge in [-0.2, -0.15) is 0 Å². The van der Waals surface area contributed by atoms with Gasteiger partial charge in [-0.25, -0.2) is 0 Å². The molecule has 1 N–H and O–H groups in total. The highest BCUT2D eigenvalue weighted by molar-refractivity contribution is 5.20. The Labute approximate surface area is 109 Å². The summed E-state index contributed by atoms with van der Waals surface area (Å²) in [7, 11) is 0. The molecule has 0 amide bonds. The van der Waals surface area contributed by atoms with Crippen molar-refractivity contribution in [1.82, 2.24) is 5.32 Å². The van der Waals surface area contributed by atoms with E-state index < -0.39 is 0 Å². The van der Waals surface area contributed by atoms with Gasteiger partial charge in [-0.3, -0.25) is 0 Å².